The number of aromatic nitrogens is 5. The molecule has 1 saturated heterocycles. The number of rotatable bonds is 3. The van der Waals surface area contributed by atoms with Gasteiger partial charge in [0.05, 0.1) is 11.6 Å². The molecule has 0 radical (unpaired) electrons. The van der Waals surface area contributed by atoms with E-state index in [1.165, 1.54) is 0 Å². The van der Waals surface area contributed by atoms with E-state index in [-0.39, 0.29) is 5.56 Å². The minimum atomic E-state index is 0.123. The molecule has 2 atom stereocenters. The van der Waals surface area contributed by atoms with Gasteiger partial charge in [-0.25, -0.2) is 9.97 Å². The van der Waals surface area contributed by atoms with Gasteiger partial charge in [-0.1, -0.05) is 13.0 Å². The molecule has 7 nitrogen and oxygen atoms in total. The number of piperidine rings is 1. The van der Waals surface area contributed by atoms with Crippen molar-refractivity contribution in [2.45, 2.75) is 38.6 Å². The molecule has 0 spiro atoms. The Morgan fingerprint density at radius 2 is 2.07 bits per heavy atom. The van der Waals surface area contributed by atoms with Gasteiger partial charge in [-0.3, -0.25) is 9.48 Å². The summed E-state index contributed by atoms with van der Waals surface area (Å²) in [6.07, 6.45) is 4.91. The summed E-state index contributed by atoms with van der Waals surface area (Å²) in [5.74, 6) is 2.71. The SMILES string of the molecule is CCCc1nc(N2C[C@H]3C[C@@H](C2)c2cccc(=O)n2C3)c2cnn(C)c2n1. The number of nitrogens with zero attached hydrogens (tertiary/aromatic N) is 6. The van der Waals surface area contributed by atoms with Crippen LogP contribution in [0.3, 0.4) is 0 Å². The molecule has 0 unspecified atom stereocenters. The van der Waals surface area contributed by atoms with Gasteiger partial charge < -0.3 is 9.47 Å². The van der Waals surface area contributed by atoms with Gasteiger partial charge in [0.2, 0.25) is 0 Å². The Labute approximate surface area is 157 Å². The van der Waals surface area contributed by atoms with Crippen LogP contribution >= 0.6 is 0 Å². The first kappa shape index (κ1) is 16.5. The molecule has 2 bridgehead atoms. The summed E-state index contributed by atoms with van der Waals surface area (Å²) in [5, 5.41) is 5.43. The Kier molecular flexibility index (Phi) is 3.77. The Morgan fingerprint density at radius 3 is 2.93 bits per heavy atom. The van der Waals surface area contributed by atoms with Gasteiger partial charge in [0.25, 0.3) is 5.56 Å². The van der Waals surface area contributed by atoms with Gasteiger partial charge in [0.1, 0.15) is 11.6 Å². The molecule has 0 aromatic carbocycles. The summed E-state index contributed by atoms with van der Waals surface area (Å²) in [7, 11) is 1.93. The highest BCUT2D eigenvalue weighted by Gasteiger charge is 2.35. The fraction of sp³-hybridized carbons (Fsp3) is 0.500. The fourth-order valence-electron chi connectivity index (χ4n) is 4.70. The van der Waals surface area contributed by atoms with Gasteiger partial charge in [-0.2, -0.15) is 5.10 Å². The first-order chi connectivity index (χ1) is 13.1. The second-order valence-corrected chi connectivity index (χ2v) is 7.82. The second-order valence-electron chi connectivity index (χ2n) is 7.82. The van der Waals surface area contributed by atoms with E-state index in [2.05, 4.69) is 23.0 Å². The second kappa shape index (κ2) is 6.18. The lowest BCUT2D eigenvalue weighted by atomic mass is 9.83. The van der Waals surface area contributed by atoms with E-state index >= 15 is 0 Å². The van der Waals surface area contributed by atoms with E-state index in [0.29, 0.717) is 11.8 Å². The third-order valence-corrected chi connectivity index (χ3v) is 5.87. The molecule has 5 heterocycles. The summed E-state index contributed by atoms with van der Waals surface area (Å²) >= 11 is 0. The van der Waals surface area contributed by atoms with Crippen molar-refractivity contribution in [1.29, 1.82) is 0 Å². The largest absolute Gasteiger partial charge is 0.355 e. The third-order valence-electron chi connectivity index (χ3n) is 5.87. The molecular formula is C20H24N6O. The van der Waals surface area contributed by atoms with Crippen LogP contribution in [0.4, 0.5) is 5.82 Å². The van der Waals surface area contributed by atoms with Crippen LogP contribution in [-0.4, -0.2) is 37.4 Å². The minimum Gasteiger partial charge on any atom is -0.355 e. The summed E-state index contributed by atoms with van der Waals surface area (Å²) in [5.41, 5.74) is 2.18. The zero-order valence-electron chi connectivity index (χ0n) is 15.8. The summed E-state index contributed by atoms with van der Waals surface area (Å²) < 4.78 is 3.80. The topological polar surface area (TPSA) is 68.8 Å². The van der Waals surface area contributed by atoms with Gasteiger partial charge in [0, 0.05) is 50.8 Å². The average molecular weight is 364 g/mol. The molecule has 0 aliphatic carbocycles. The third kappa shape index (κ3) is 2.64. The van der Waals surface area contributed by atoms with Crippen LogP contribution in [0.2, 0.25) is 0 Å². The molecule has 0 saturated carbocycles. The zero-order chi connectivity index (χ0) is 18.5. The van der Waals surface area contributed by atoms with E-state index in [9.17, 15) is 4.79 Å². The highest BCUT2D eigenvalue weighted by atomic mass is 16.1. The van der Waals surface area contributed by atoms with Crippen molar-refractivity contribution in [2.75, 3.05) is 18.0 Å². The van der Waals surface area contributed by atoms with Crippen LogP contribution in [0.1, 0.15) is 37.2 Å². The van der Waals surface area contributed by atoms with E-state index in [4.69, 9.17) is 9.97 Å². The van der Waals surface area contributed by atoms with E-state index in [1.807, 2.05) is 28.6 Å². The van der Waals surface area contributed by atoms with Crippen LogP contribution in [0.5, 0.6) is 0 Å². The Morgan fingerprint density at radius 1 is 1.19 bits per heavy atom. The van der Waals surface area contributed by atoms with Crippen molar-refractivity contribution in [3.05, 3.63) is 46.3 Å². The maximum atomic E-state index is 12.3. The standard InChI is InChI=1S/C20H24N6O/c1-3-5-17-22-19-15(9-21-24(19)2)20(23-17)25-10-13-8-14(12-25)16-6-4-7-18(27)26(16)11-13/h4,6-7,9,13-14H,3,5,8,10-12H2,1-2H3/t13-,14+/m1/s1. The molecule has 2 aliphatic rings. The minimum absolute atomic E-state index is 0.123. The van der Waals surface area contributed by atoms with Gasteiger partial charge in [-0.15, -0.1) is 0 Å². The van der Waals surface area contributed by atoms with Crippen molar-refractivity contribution in [1.82, 2.24) is 24.3 Å². The maximum Gasteiger partial charge on any atom is 0.250 e. The maximum absolute atomic E-state index is 12.3. The number of fused-ring (bicyclic) bond motifs is 5. The zero-order valence-corrected chi connectivity index (χ0v) is 15.8. The van der Waals surface area contributed by atoms with Gasteiger partial charge >= 0.3 is 0 Å². The highest BCUT2D eigenvalue weighted by Crippen LogP contribution is 2.38. The van der Waals surface area contributed by atoms with Crippen LogP contribution in [0.25, 0.3) is 11.0 Å². The molecule has 5 rings (SSSR count). The van der Waals surface area contributed by atoms with E-state index < -0.39 is 0 Å². The summed E-state index contributed by atoms with van der Waals surface area (Å²) in [4.78, 5) is 24.3. The van der Waals surface area contributed by atoms with Gasteiger partial charge in [0.15, 0.2) is 5.65 Å². The normalized spacial score (nSPS) is 21.5. The molecule has 1 fully saturated rings. The van der Waals surface area contributed by atoms with Crippen molar-refractivity contribution in [2.24, 2.45) is 13.0 Å². The molecular weight excluding hydrogens is 340 g/mol. The summed E-state index contributed by atoms with van der Waals surface area (Å²) in [6, 6.07) is 5.66. The molecule has 3 aromatic rings. The van der Waals surface area contributed by atoms with E-state index in [1.54, 1.807) is 6.07 Å². The number of hydrogen-bond acceptors (Lipinski definition) is 5. The fourth-order valence-corrected chi connectivity index (χ4v) is 4.70. The number of aryl methyl sites for hydroxylation is 2. The number of pyridine rings is 1. The molecule has 0 amide bonds. The molecule has 7 heteroatoms. The smallest absolute Gasteiger partial charge is 0.250 e. The van der Waals surface area contributed by atoms with Crippen molar-refractivity contribution >= 4 is 16.9 Å². The Hall–Kier alpha value is -2.70. The lowest BCUT2D eigenvalue weighted by Crippen LogP contribution is -2.47. The van der Waals surface area contributed by atoms with Crippen LogP contribution in [0, 0.1) is 5.92 Å². The van der Waals surface area contributed by atoms with Crippen molar-refractivity contribution < 1.29 is 0 Å². The van der Waals surface area contributed by atoms with Crippen molar-refractivity contribution in [3.8, 4) is 0 Å². The Balaban J connectivity index is 1.58. The predicted octanol–water partition coefficient (Wildman–Crippen LogP) is 2.10. The first-order valence-electron chi connectivity index (χ1n) is 9.77. The van der Waals surface area contributed by atoms with Gasteiger partial charge in [-0.05, 0) is 24.8 Å². The van der Waals surface area contributed by atoms with Crippen LogP contribution in [0.15, 0.2) is 29.2 Å². The number of hydrogen-bond donors (Lipinski definition) is 0. The predicted molar refractivity (Wildman–Crippen MR) is 104 cm³/mol. The summed E-state index contributed by atoms with van der Waals surface area (Å²) in [6.45, 7) is 4.75. The van der Waals surface area contributed by atoms with Crippen molar-refractivity contribution in [3.63, 3.8) is 0 Å². The lowest BCUT2D eigenvalue weighted by Gasteiger charge is -2.43. The lowest BCUT2D eigenvalue weighted by molar-refractivity contribution is 0.281. The van der Waals surface area contributed by atoms with E-state index in [0.717, 1.165) is 67.3 Å². The molecule has 2 aliphatic heterocycles. The quantitative estimate of drug-likeness (QED) is 0.712. The molecule has 0 N–H and O–H groups in total. The number of anilines is 1. The van der Waals surface area contributed by atoms with Crippen LogP contribution < -0.4 is 10.5 Å². The van der Waals surface area contributed by atoms with Crippen LogP contribution in [-0.2, 0) is 20.0 Å². The first-order valence-corrected chi connectivity index (χ1v) is 9.77. The molecule has 140 valence electrons. The highest BCUT2D eigenvalue weighted by molar-refractivity contribution is 5.87. The molecule has 3 aromatic heterocycles. The Bertz CT molecular complexity index is 1070. The molecule has 27 heavy (non-hydrogen) atoms. The average Bonchev–Trinajstić information content (AvgIpc) is 3.03. The monoisotopic (exact) mass is 364 g/mol.